The molecule has 0 spiro atoms. The lowest BCUT2D eigenvalue weighted by molar-refractivity contribution is -0.119. The monoisotopic (exact) mass is 364 g/mol. The van der Waals surface area contributed by atoms with Crippen molar-refractivity contribution in [3.05, 3.63) is 0 Å². The standard InChI is InChI=1S/C23H40O3/c1-18(2)7-5-3-4-6-14-26-22-12-10-20(11-13-22)23-15-19(16-24)8-9-21(23)17-25/h16-23H,3-15H2,1-2H3. The van der Waals surface area contributed by atoms with Crippen LogP contribution in [0.3, 0.4) is 0 Å². The molecule has 0 radical (unpaired) electrons. The van der Waals surface area contributed by atoms with Crippen LogP contribution in [0.25, 0.3) is 0 Å². The Labute approximate surface area is 160 Å². The van der Waals surface area contributed by atoms with Crippen LogP contribution in [0.5, 0.6) is 0 Å². The highest BCUT2D eigenvalue weighted by Crippen LogP contribution is 2.42. The van der Waals surface area contributed by atoms with Gasteiger partial charge in [0, 0.05) is 18.4 Å². The normalized spacial score (nSPS) is 32.5. The molecule has 0 heterocycles. The minimum Gasteiger partial charge on any atom is -0.378 e. The fourth-order valence-corrected chi connectivity index (χ4v) is 5.04. The van der Waals surface area contributed by atoms with E-state index in [0.717, 1.165) is 57.2 Å². The molecule has 2 aliphatic rings. The number of hydrogen-bond acceptors (Lipinski definition) is 3. The quantitative estimate of drug-likeness (QED) is 0.354. The lowest BCUT2D eigenvalue weighted by Crippen LogP contribution is -2.35. The summed E-state index contributed by atoms with van der Waals surface area (Å²) in [5.41, 5.74) is 0. The van der Waals surface area contributed by atoms with Gasteiger partial charge in [-0.05, 0) is 69.1 Å². The van der Waals surface area contributed by atoms with Crippen molar-refractivity contribution in [2.45, 2.75) is 97.0 Å². The Hall–Kier alpha value is -0.700. The molecule has 3 heteroatoms. The van der Waals surface area contributed by atoms with E-state index in [1.165, 1.54) is 44.9 Å². The Morgan fingerprint density at radius 2 is 1.62 bits per heavy atom. The van der Waals surface area contributed by atoms with Crippen LogP contribution in [0, 0.1) is 29.6 Å². The van der Waals surface area contributed by atoms with E-state index in [2.05, 4.69) is 13.8 Å². The van der Waals surface area contributed by atoms with Gasteiger partial charge in [0.15, 0.2) is 0 Å². The Kier molecular flexibility index (Phi) is 9.88. The number of aldehydes is 2. The Morgan fingerprint density at radius 1 is 0.885 bits per heavy atom. The molecule has 0 aromatic carbocycles. The summed E-state index contributed by atoms with van der Waals surface area (Å²) in [6.45, 7) is 5.50. The first kappa shape index (κ1) is 21.6. The summed E-state index contributed by atoms with van der Waals surface area (Å²) in [6.07, 6.45) is 16.5. The van der Waals surface area contributed by atoms with Gasteiger partial charge in [-0.1, -0.05) is 39.5 Å². The predicted octanol–water partition coefficient (Wildman–Crippen LogP) is 5.60. The molecule has 0 amide bonds. The number of carbonyl (C=O) groups excluding carboxylic acids is 2. The third-order valence-corrected chi connectivity index (χ3v) is 6.72. The lowest BCUT2D eigenvalue weighted by Gasteiger charge is -2.40. The highest BCUT2D eigenvalue weighted by Gasteiger charge is 2.37. The molecular weight excluding hydrogens is 324 g/mol. The van der Waals surface area contributed by atoms with Crippen molar-refractivity contribution in [1.82, 2.24) is 0 Å². The maximum Gasteiger partial charge on any atom is 0.123 e. The van der Waals surface area contributed by atoms with Gasteiger partial charge >= 0.3 is 0 Å². The fourth-order valence-electron chi connectivity index (χ4n) is 5.04. The first-order chi connectivity index (χ1) is 12.6. The van der Waals surface area contributed by atoms with Crippen molar-refractivity contribution in [2.75, 3.05) is 6.61 Å². The van der Waals surface area contributed by atoms with E-state index in [-0.39, 0.29) is 11.8 Å². The van der Waals surface area contributed by atoms with E-state index < -0.39 is 0 Å². The van der Waals surface area contributed by atoms with Crippen LogP contribution in [0.4, 0.5) is 0 Å². The maximum atomic E-state index is 11.4. The van der Waals surface area contributed by atoms with Gasteiger partial charge in [-0.15, -0.1) is 0 Å². The number of carbonyl (C=O) groups is 2. The molecule has 26 heavy (non-hydrogen) atoms. The maximum absolute atomic E-state index is 11.4. The van der Waals surface area contributed by atoms with Crippen LogP contribution in [-0.4, -0.2) is 25.3 Å². The molecule has 0 aromatic rings. The Bertz CT molecular complexity index is 398. The molecule has 0 saturated heterocycles. The van der Waals surface area contributed by atoms with Crippen molar-refractivity contribution in [3.63, 3.8) is 0 Å². The van der Waals surface area contributed by atoms with E-state index in [1.807, 2.05) is 0 Å². The molecular formula is C23H40O3. The third kappa shape index (κ3) is 7.13. The molecule has 3 atom stereocenters. The van der Waals surface area contributed by atoms with Crippen molar-refractivity contribution < 1.29 is 14.3 Å². The van der Waals surface area contributed by atoms with Crippen LogP contribution >= 0.6 is 0 Å². The van der Waals surface area contributed by atoms with Crippen LogP contribution < -0.4 is 0 Å². The molecule has 0 aromatic heterocycles. The third-order valence-electron chi connectivity index (χ3n) is 6.72. The molecule has 2 fully saturated rings. The molecule has 2 saturated carbocycles. The van der Waals surface area contributed by atoms with Crippen molar-refractivity contribution in [1.29, 1.82) is 0 Å². The molecule has 3 unspecified atom stereocenters. The summed E-state index contributed by atoms with van der Waals surface area (Å²) in [4.78, 5) is 22.6. The summed E-state index contributed by atoms with van der Waals surface area (Å²) in [7, 11) is 0. The van der Waals surface area contributed by atoms with Crippen LogP contribution in [0.2, 0.25) is 0 Å². The minimum absolute atomic E-state index is 0.180. The first-order valence-electron chi connectivity index (χ1n) is 11.2. The molecule has 150 valence electrons. The zero-order valence-corrected chi connectivity index (χ0v) is 17.0. The molecule has 3 nitrogen and oxygen atoms in total. The van der Waals surface area contributed by atoms with Gasteiger partial charge in [0.1, 0.15) is 12.6 Å². The van der Waals surface area contributed by atoms with Crippen molar-refractivity contribution in [2.24, 2.45) is 29.6 Å². The number of rotatable bonds is 11. The second kappa shape index (κ2) is 11.9. The average Bonchev–Trinajstić information content (AvgIpc) is 2.67. The lowest BCUT2D eigenvalue weighted by atomic mass is 9.65. The van der Waals surface area contributed by atoms with Crippen molar-refractivity contribution in [3.8, 4) is 0 Å². The zero-order chi connectivity index (χ0) is 18.8. The van der Waals surface area contributed by atoms with Gasteiger partial charge in [-0.2, -0.15) is 0 Å². The molecule has 0 N–H and O–H groups in total. The van der Waals surface area contributed by atoms with E-state index in [0.29, 0.717) is 17.9 Å². The highest BCUT2D eigenvalue weighted by molar-refractivity contribution is 5.57. The van der Waals surface area contributed by atoms with E-state index in [4.69, 9.17) is 4.74 Å². The molecule has 0 aliphatic heterocycles. The summed E-state index contributed by atoms with van der Waals surface area (Å²) >= 11 is 0. The van der Waals surface area contributed by atoms with Gasteiger partial charge < -0.3 is 14.3 Å². The number of hydrogen-bond donors (Lipinski definition) is 0. The molecule has 0 bridgehead atoms. The summed E-state index contributed by atoms with van der Waals surface area (Å²) in [6, 6.07) is 0. The average molecular weight is 365 g/mol. The second-order valence-electron chi connectivity index (χ2n) is 9.18. The first-order valence-corrected chi connectivity index (χ1v) is 11.2. The number of unbranched alkanes of at least 4 members (excludes halogenated alkanes) is 3. The zero-order valence-electron chi connectivity index (χ0n) is 17.0. The van der Waals surface area contributed by atoms with Crippen LogP contribution in [0.15, 0.2) is 0 Å². The van der Waals surface area contributed by atoms with Gasteiger partial charge in [-0.25, -0.2) is 0 Å². The topological polar surface area (TPSA) is 43.4 Å². The Balaban J connectivity index is 1.60. The fraction of sp³-hybridized carbons (Fsp3) is 0.913. The smallest absolute Gasteiger partial charge is 0.123 e. The highest BCUT2D eigenvalue weighted by atomic mass is 16.5. The summed E-state index contributed by atoms with van der Waals surface area (Å²) in [5, 5.41) is 0. The molecule has 2 rings (SSSR count). The van der Waals surface area contributed by atoms with E-state index in [9.17, 15) is 9.59 Å². The largest absolute Gasteiger partial charge is 0.378 e. The second-order valence-corrected chi connectivity index (χ2v) is 9.18. The molecule has 2 aliphatic carbocycles. The SMILES string of the molecule is CC(C)CCCCCCOC1CCC(C2CC(C=O)CCC2C=O)CC1. The predicted molar refractivity (Wildman–Crippen MR) is 106 cm³/mol. The van der Waals surface area contributed by atoms with Gasteiger partial charge in [0.25, 0.3) is 0 Å². The minimum atomic E-state index is 0.180. The van der Waals surface area contributed by atoms with Gasteiger partial charge in [0.2, 0.25) is 0 Å². The van der Waals surface area contributed by atoms with E-state index >= 15 is 0 Å². The van der Waals surface area contributed by atoms with Crippen LogP contribution in [-0.2, 0) is 14.3 Å². The Morgan fingerprint density at radius 3 is 2.27 bits per heavy atom. The van der Waals surface area contributed by atoms with Gasteiger partial charge in [-0.3, -0.25) is 0 Å². The van der Waals surface area contributed by atoms with Crippen LogP contribution in [0.1, 0.15) is 90.9 Å². The van der Waals surface area contributed by atoms with Gasteiger partial charge in [0.05, 0.1) is 6.10 Å². The number of ether oxygens (including phenoxy) is 1. The summed E-state index contributed by atoms with van der Waals surface area (Å²) < 4.78 is 6.12. The summed E-state index contributed by atoms with van der Waals surface area (Å²) in [5.74, 6) is 2.23. The van der Waals surface area contributed by atoms with Crippen molar-refractivity contribution >= 4 is 12.6 Å². The van der Waals surface area contributed by atoms with E-state index in [1.54, 1.807) is 0 Å².